The van der Waals surface area contributed by atoms with Crippen molar-refractivity contribution < 1.29 is 9.47 Å². The fraction of sp³-hybridized carbons (Fsp3) is 0.417. The summed E-state index contributed by atoms with van der Waals surface area (Å²) in [5.41, 5.74) is 1.10. The zero-order valence-corrected chi connectivity index (χ0v) is 12.5. The number of likely N-dealkylation sites (N-methyl/N-ethyl adjacent to an activating group) is 1. The molecule has 0 radical (unpaired) electrons. The standard InChI is InChI=1S/C12H15N3O2.HI/c1-15-6-5-13-12(15)14-7-9-3-2-4-10-11(9)17-8-16-10;/h2-4H,5-8H2,1H3,(H,13,14);1H. The first-order chi connectivity index (χ1) is 8.34. The van der Waals surface area contributed by atoms with E-state index in [1.807, 2.05) is 25.2 Å². The summed E-state index contributed by atoms with van der Waals surface area (Å²) in [5, 5.41) is 3.32. The lowest BCUT2D eigenvalue weighted by molar-refractivity contribution is 0.173. The third kappa shape index (κ3) is 2.47. The van der Waals surface area contributed by atoms with Gasteiger partial charge in [0.15, 0.2) is 17.5 Å². The molecule has 0 bridgehead atoms. The van der Waals surface area contributed by atoms with Gasteiger partial charge in [0.1, 0.15) is 0 Å². The van der Waals surface area contributed by atoms with Crippen LogP contribution in [0.2, 0.25) is 0 Å². The number of nitrogens with one attached hydrogen (secondary N) is 1. The smallest absolute Gasteiger partial charge is 0.231 e. The zero-order valence-electron chi connectivity index (χ0n) is 10.2. The van der Waals surface area contributed by atoms with Gasteiger partial charge < -0.3 is 19.7 Å². The molecule has 2 aliphatic rings. The van der Waals surface area contributed by atoms with Crippen molar-refractivity contribution in [2.24, 2.45) is 4.99 Å². The van der Waals surface area contributed by atoms with Crippen molar-refractivity contribution >= 4 is 29.9 Å². The van der Waals surface area contributed by atoms with E-state index in [9.17, 15) is 0 Å². The number of hydrogen-bond acceptors (Lipinski definition) is 5. The minimum absolute atomic E-state index is 0. The molecule has 0 atom stereocenters. The van der Waals surface area contributed by atoms with Crippen LogP contribution in [0, 0.1) is 0 Å². The molecule has 0 aliphatic carbocycles. The van der Waals surface area contributed by atoms with Gasteiger partial charge in [0, 0.05) is 25.7 Å². The fourth-order valence-electron chi connectivity index (χ4n) is 2.03. The van der Waals surface area contributed by atoms with Crippen LogP contribution in [0.4, 0.5) is 0 Å². The Labute approximate surface area is 123 Å². The van der Waals surface area contributed by atoms with E-state index in [4.69, 9.17) is 9.47 Å². The Morgan fingerprint density at radius 2 is 2.28 bits per heavy atom. The van der Waals surface area contributed by atoms with Gasteiger partial charge in [-0.15, -0.1) is 24.0 Å². The van der Waals surface area contributed by atoms with E-state index < -0.39 is 0 Å². The summed E-state index contributed by atoms with van der Waals surface area (Å²) in [7, 11) is 2.04. The Kier molecular flexibility index (Phi) is 4.15. The van der Waals surface area contributed by atoms with Gasteiger partial charge in [-0.05, 0) is 6.07 Å². The molecule has 0 unspecified atom stereocenters. The largest absolute Gasteiger partial charge is 0.454 e. The summed E-state index contributed by atoms with van der Waals surface area (Å²) < 4.78 is 10.8. The van der Waals surface area contributed by atoms with Crippen LogP contribution in [0.3, 0.4) is 0 Å². The van der Waals surface area contributed by atoms with Crippen LogP contribution in [0.15, 0.2) is 23.2 Å². The maximum absolute atomic E-state index is 5.46. The lowest BCUT2D eigenvalue weighted by Gasteiger charge is -2.15. The van der Waals surface area contributed by atoms with Crippen LogP contribution in [0.25, 0.3) is 0 Å². The molecule has 6 heteroatoms. The van der Waals surface area contributed by atoms with Crippen molar-refractivity contribution in [2.45, 2.75) is 6.54 Å². The number of halogens is 1. The van der Waals surface area contributed by atoms with Gasteiger partial charge in [0.05, 0.1) is 6.54 Å². The van der Waals surface area contributed by atoms with E-state index in [2.05, 4.69) is 15.2 Å². The van der Waals surface area contributed by atoms with Crippen molar-refractivity contribution in [1.29, 1.82) is 0 Å². The van der Waals surface area contributed by atoms with Crippen LogP contribution in [-0.4, -0.2) is 37.8 Å². The number of rotatable bonds is 2. The lowest BCUT2D eigenvalue weighted by Crippen LogP contribution is -2.35. The minimum Gasteiger partial charge on any atom is -0.454 e. The van der Waals surface area contributed by atoms with Crippen LogP contribution < -0.4 is 14.8 Å². The molecule has 0 spiro atoms. The number of aliphatic imine (C=N–C) groups is 1. The SMILES string of the molecule is CN1CCN=C1NCc1cccc2c1OCO2.I. The van der Waals surface area contributed by atoms with Gasteiger partial charge in [-0.25, -0.2) is 0 Å². The van der Waals surface area contributed by atoms with E-state index in [1.165, 1.54) is 0 Å². The molecule has 2 aliphatic heterocycles. The molecule has 0 saturated heterocycles. The maximum Gasteiger partial charge on any atom is 0.231 e. The van der Waals surface area contributed by atoms with Crippen LogP contribution in [0.1, 0.15) is 5.56 Å². The molecule has 18 heavy (non-hydrogen) atoms. The third-order valence-corrected chi connectivity index (χ3v) is 2.97. The topological polar surface area (TPSA) is 46.1 Å². The number of guanidine groups is 1. The van der Waals surface area contributed by atoms with Gasteiger partial charge >= 0.3 is 0 Å². The van der Waals surface area contributed by atoms with Crippen molar-refractivity contribution in [3.05, 3.63) is 23.8 Å². The summed E-state index contributed by atoms with van der Waals surface area (Å²) in [6.07, 6.45) is 0. The second-order valence-electron chi connectivity index (χ2n) is 4.13. The number of nitrogens with zero attached hydrogens (tertiary/aromatic N) is 2. The van der Waals surface area contributed by atoms with Crippen molar-refractivity contribution in [3.63, 3.8) is 0 Å². The normalized spacial score (nSPS) is 16.3. The average Bonchev–Trinajstić information content (AvgIpc) is 2.95. The molecular formula is C12H16IN3O2. The number of para-hydroxylation sites is 1. The highest BCUT2D eigenvalue weighted by molar-refractivity contribution is 14.0. The van der Waals surface area contributed by atoms with Gasteiger partial charge in [-0.2, -0.15) is 0 Å². The highest BCUT2D eigenvalue weighted by Gasteiger charge is 2.18. The van der Waals surface area contributed by atoms with E-state index in [0.717, 1.165) is 36.1 Å². The Balaban J connectivity index is 0.00000120. The number of ether oxygens (including phenoxy) is 2. The van der Waals surface area contributed by atoms with Gasteiger partial charge in [-0.3, -0.25) is 4.99 Å². The number of benzene rings is 1. The summed E-state index contributed by atoms with van der Waals surface area (Å²) in [4.78, 5) is 6.50. The monoisotopic (exact) mass is 361 g/mol. The van der Waals surface area contributed by atoms with E-state index in [0.29, 0.717) is 13.3 Å². The quantitative estimate of drug-likeness (QED) is 0.810. The fourth-order valence-corrected chi connectivity index (χ4v) is 2.03. The molecule has 0 aromatic heterocycles. The van der Waals surface area contributed by atoms with Crippen LogP contribution >= 0.6 is 24.0 Å². The maximum atomic E-state index is 5.46. The summed E-state index contributed by atoms with van der Waals surface area (Å²) in [5.74, 6) is 2.62. The highest BCUT2D eigenvalue weighted by atomic mass is 127. The van der Waals surface area contributed by atoms with Gasteiger partial charge in [0.2, 0.25) is 6.79 Å². The third-order valence-electron chi connectivity index (χ3n) is 2.97. The first kappa shape index (κ1) is 13.3. The molecule has 98 valence electrons. The van der Waals surface area contributed by atoms with E-state index >= 15 is 0 Å². The highest BCUT2D eigenvalue weighted by Crippen LogP contribution is 2.35. The molecule has 5 nitrogen and oxygen atoms in total. The Hall–Kier alpha value is -1.18. The Bertz CT molecular complexity index is 465. The molecule has 3 rings (SSSR count). The average molecular weight is 361 g/mol. The first-order valence-electron chi connectivity index (χ1n) is 5.71. The van der Waals surface area contributed by atoms with Crippen molar-refractivity contribution in [2.75, 3.05) is 26.9 Å². The predicted octanol–water partition coefficient (Wildman–Crippen LogP) is 1.42. The van der Waals surface area contributed by atoms with Crippen LogP contribution in [0.5, 0.6) is 11.5 Å². The molecule has 0 saturated carbocycles. The van der Waals surface area contributed by atoms with E-state index in [-0.39, 0.29) is 24.0 Å². The van der Waals surface area contributed by atoms with Crippen molar-refractivity contribution in [1.82, 2.24) is 10.2 Å². The number of hydrogen-bond donors (Lipinski definition) is 1. The molecule has 1 aromatic carbocycles. The predicted molar refractivity (Wildman–Crippen MR) is 79.8 cm³/mol. The molecule has 0 fully saturated rings. The summed E-state index contributed by atoms with van der Waals surface area (Å²) in [6.45, 7) is 2.86. The second-order valence-corrected chi connectivity index (χ2v) is 4.13. The number of fused-ring (bicyclic) bond motifs is 1. The molecule has 1 N–H and O–H groups in total. The Morgan fingerprint density at radius 3 is 3.06 bits per heavy atom. The Morgan fingerprint density at radius 1 is 1.39 bits per heavy atom. The zero-order chi connectivity index (χ0) is 11.7. The van der Waals surface area contributed by atoms with Crippen molar-refractivity contribution in [3.8, 4) is 11.5 Å². The summed E-state index contributed by atoms with van der Waals surface area (Å²) in [6, 6.07) is 5.94. The van der Waals surface area contributed by atoms with E-state index in [1.54, 1.807) is 0 Å². The van der Waals surface area contributed by atoms with Gasteiger partial charge in [0.25, 0.3) is 0 Å². The molecule has 2 heterocycles. The second kappa shape index (κ2) is 5.64. The minimum atomic E-state index is 0. The summed E-state index contributed by atoms with van der Waals surface area (Å²) >= 11 is 0. The lowest BCUT2D eigenvalue weighted by atomic mass is 10.2. The first-order valence-corrected chi connectivity index (χ1v) is 5.71. The molecular weight excluding hydrogens is 345 g/mol. The van der Waals surface area contributed by atoms with Gasteiger partial charge in [-0.1, -0.05) is 12.1 Å². The van der Waals surface area contributed by atoms with Crippen LogP contribution in [-0.2, 0) is 6.54 Å². The molecule has 0 amide bonds. The molecule has 1 aromatic rings.